The second-order valence-electron chi connectivity index (χ2n) is 4.46. The molecule has 0 aliphatic heterocycles. The second-order valence-corrected chi connectivity index (χ2v) is 4.46. The van der Waals surface area contributed by atoms with Gasteiger partial charge in [-0.15, -0.1) is 0 Å². The Labute approximate surface area is 92.1 Å². The van der Waals surface area contributed by atoms with Crippen molar-refractivity contribution in [1.29, 1.82) is 0 Å². The van der Waals surface area contributed by atoms with Crippen LogP contribution in [-0.4, -0.2) is 11.7 Å². The van der Waals surface area contributed by atoms with Crippen molar-refractivity contribution >= 4 is 0 Å². The van der Waals surface area contributed by atoms with Crippen molar-refractivity contribution in [3.05, 3.63) is 35.4 Å². The van der Waals surface area contributed by atoms with Crippen LogP contribution in [0.2, 0.25) is 0 Å². The zero-order valence-electron chi connectivity index (χ0n) is 9.61. The lowest BCUT2D eigenvalue weighted by Crippen LogP contribution is -2.11. The Morgan fingerprint density at radius 3 is 2.27 bits per heavy atom. The predicted molar refractivity (Wildman–Crippen MR) is 63.6 cm³/mol. The van der Waals surface area contributed by atoms with Crippen molar-refractivity contribution in [1.82, 2.24) is 0 Å². The van der Waals surface area contributed by atoms with Gasteiger partial charge in [0.15, 0.2) is 0 Å². The van der Waals surface area contributed by atoms with Crippen LogP contribution in [0.4, 0.5) is 0 Å². The zero-order chi connectivity index (χ0) is 11.3. The Bertz CT molecular complexity index is 279. The molecule has 1 rings (SSSR count). The Balaban J connectivity index is 2.63. The summed E-state index contributed by atoms with van der Waals surface area (Å²) in [6.07, 6.45) is 1.74. The van der Waals surface area contributed by atoms with Crippen molar-refractivity contribution in [3.63, 3.8) is 0 Å². The molecule has 0 saturated heterocycles. The van der Waals surface area contributed by atoms with E-state index in [2.05, 4.69) is 38.1 Å². The third-order valence-corrected chi connectivity index (χ3v) is 2.49. The zero-order valence-corrected chi connectivity index (χ0v) is 9.61. The van der Waals surface area contributed by atoms with Gasteiger partial charge < -0.3 is 10.8 Å². The number of aliphatic hydroxyl groups is 1. The van der Waals surface area contributed by atoms with E-state index in [0.29, 0.717) is 12.3 Å². The molecule has 0 aliphatic carbocycles. The molecule has 1 aromatic carbocycles. The first-order valence-electron chi connectivity index (χ1n) is 5.58. The Kier molecular flexibility index (Phi) is 4.79. The lowest BCUT2D eigenvalue weighted by Gasteiger charge is -2.11. The first-order valence-corrected chi connectivity index (χ1v) is 5.58. The molecule has 1 aromatic rings. The minimum Gasteiger partial charge on any atom is -0.396 e. The number of aliphatic hydroxyl groups excluding tert-OH is 1. The largest absolute Gasteiger partial charge is 0.396 e. The normalized spacial score (nSPS) is 13.1. The van der Waals surface area contributed by atoms with E-state index in [1.54, 1.807) is 0 Å². The molecule has 1 atom stereocenters. The number of hydrogen-bond acceptors (Lipinski definition) is 2. The van der Waals surface area contributed by atoms with Crippen LogP contribution in [-0.2, 0) is 6.42 Å². The molecular weight excluding hydrogens is 186 g/mol. The summed E-state index contributed by atoms with van der Waals surface area (Å²) in [6.45, 7) is 4.58. The van der Waals surface area contributed by atoms with Gasteiger partial charge in [-0.1, -0.05) is 38.1 Å². The van der Waals surface area contributed by atoms with Crippen LogP contribution in [0.25, 0.3) is 0 Å². The van der Waals surface area contributed by atoms with Gasteiger partial charge >= 0.3 is 0 Å². The molecule has 2 heteroatoms. The highest BCUT2D eigenvalue weighted by Gasteiger charge is 2.05. The lowest BCUT2D eigenvalue weighted by molar-refractivity contribution is 0.276. The van der Waals surface area contributed by atoms with Crippen LogP contribution in [0.1, 0.15) is 37.4 Å². The maximum atomic E-state index is 8.79. The standard InChI is InChI=1S/C13H21NO/c1-10(2)9-11-3-5-12(6-4-11)13(14)7-8-15/h3-6,10,13,15H,7-9,14H2,1-2H3. The lowest BCUT2D eigenvalue weighted by atomic mass is 9.99. The van der Waals surface area contributed by atoms with Gasteiger partial charge in [-0.2, -0.15) is 0 Å². The molecule has 0 radical (unpaired) electrons. The summed E-state index contributed by atoms with van der Waals surface area (Å²) in [5, 5.41) is 8.79. The van der Waals surface area contributed by atoms with Crippen LogP contribution >= 0.6 is 0 Å². The minimum absolute atomic E-state index is 0.0388. The molecule has 0 fully saturated rings. The Morgan fingerprint density at radius 1 is 1.20 bits per heavy atom. The van der Waals surface area contributed by atoms with Gasteiger partial charge in [-0.05, 0) is 29.9 Å². The molecule has 0 aliphatic rings. The van der Waals surface area contributed by atoms with Crippen LogP contribution in [0.5, 0.6) is 0 Å². The highest BCUT2D eigenvalue weighted by Crippen LogP contribution is 2.16. The minimum atomic E-state index is -0.0388. The molecule has 0 bridgehead atoms. The quantitative estimate of drug-likeness (QED) is 0.778. The van der Waals surface area contributed by atoms with Gasteiger partial charge in [-0.25, -0.2) is 0 Å². The van der Waals surface area contributed by atoms with Crippen molar-refractivity contribution in [2.24, 2.45) is 11.7 Å². The molecule has 15 heavy (non-hydrogen) atoms. The van der Waals surface area contributed by atoms with E-state index in [1.807, 2.05) is 0 Å². The summed E-state index contributed by atoms with van der Waals surface area (Å²) >= 11 is 0. The van der Waals surface area contributed by atoms with Gasteiger partial charge in [0.2, 0.25) is 0 Å². The topological polar surface area (TPSA) is 46.2 Å². The molecule has 0 saturated carbocycles. The van der Waals surface area contributed by atoms with Gasteiger partial charge in [0, 0.05) is 12.6 Å². The molecular formula is C13H21NO. The van der Waals surface area contributed by atoms with E-state index in [1.165, 1.54) is 5.56 Å². The molecule has 0 amide bonds. The third-order valence-electron chi connectivity index (χ3n) is 2.49. The van der Waals surface area contributed by atoms with Crippen molar-refractivity contribution in [2.75, 3.05) is 6.61 Å². The third kappa shape index (κ3) is 4.02. The van der Waals surface area contributed by atoms with Crippen molar-refractivity contribution in [3.8, 4) is 0 Å². The maximum Gasteiger partial charge on any atom is 0.0449 e. The van der Waals surface area contributed by atoms with Crippen LogP contribution in [0.15, 0.2) is 24.3 Å². The van der Waals surface area contributed by atoms with Crippen molar-refractivity contribution < 1.29 is 5.11 Å². The fourth-order valence-corrected chi connectivity index (χ4v) is 1.68. The van der Waals surface area contributed by atoms with E-state index in [4.69, 9.17) is 10.8 Å². The first kappa shape index (κ1) is 12.2. The van der Waals surface area contributed by atoms with E-state index in [0.717, 1.165) is 12.0 Å². The fourth-order valence-electron chi connectivity index (χ4n) is 1.68. The van der Waals surface area contributed by atoms with Crippen molar-refractivity contribution in [2.45, 2.75) is 32.7 Å². The summed E-state index contributed by atoms with van der Waals surface area (Å²) < 4.78 is 0. The van der Waals surface area contributed by atoms with E-state index < -0.39 is 0 Å². The van der Waals surface area contributed by atoms with Gasteiger partial charge in [0.1, 0.15) is 0 Å². The molecule has 84 valence electrons. The number of benzene rings is 1. The average molecular weight is 207 g/mol. The molecule has 1 unspecified atom stereocenters. The van der Waals surface area contributed by atoms with Crippen LogP contribution in [0.3, 0.4) is 0 Å². The summed E-state index contributed by atoms with van der Waals surface area (Å²) in [6, 6.07) is 8.36. The van der Waals surface area contributed by atoms with E-state index >= 15 is 0 Å². The molecule has 2 nitrogen and oxygen atoms in total. The SMILES string of the molecule is CC(C)Cc1ccc(C(N)CCO)cc1. The average Bonchev–Trinajstić information content (AvgIpc) is 2.18. The Hall–Kier alpha value is -0.860. The molecule has 3 N–H and O–H groups in total. The van der Waals surface area contributed by atoms with Gasteiger partial charge in [-0.3, -0.25) is 0 Å². The molecule has 0 heterocycles. The number of nitrogens with two attached hydrogens (primary N) is 1. The predicted octanol–water partition coefficient (Wildman–Crippen LogP) is 2.27. The highest BCUT2D eigenvalue weighted by atomic mass is 16.3. The van der Waals surface area contributed by atoms with Gasteiger partial charge in [0.25, 0.3) is 0 Å². The molecule has 0 spiro atoms. The summed E-state index contributed by atoms with van der Waals surface area (Å²) in [5.74, 6) is 0.682. The first-order chi connectivity index (χ1) is 7.13. The summed E-state index contributed by atoms with van der Waals surface area (Å²) in [4.78, 5) is 0. The highest BCUT2D eigenvalue weighted by molar-refractivity contribution is 5.25. The fraction of sp³-hybridized carbons (Fsp3) is 0.538. The van der Waals surface area contributed by atoms with E-state index in [-0.39, 0.29) is 12.6 Å². The summed E-state index contributed by atoms with van der Waals surface area (Å²) in [5.41, 5.74) is 8.36. The Morgan fingerprint density at radius 2 is 1.80 bits per heavy atom. The van der Waals surface area contributed by atoms with E-state index in [9.17, 15) is 0 Å². The maximum absolute atomic E-state index is 8.79. The monoisotopic (exact) mass is 207 g/mol. The summed E-state index contributed by atoms with van der Waals surface area (Å²) in [7, 11) is 0. The smallest absolute Gasteiger partial charge is 0.0449 e. The molecule has 0 aromatic heterocycles. The number of rotatable bonds is 5. The van der Waals surface area contributed by atoms with Crippen LogP contribution in [0, 0.1) is 5.92 Å². The van der Waals surface area contributed by atoms with Crippen LogP contribution < -0.4 is 5.73 Å². The second kappa shape index (κ2) is 5.89. The number of hydrogen-bond donors (Lipinski definition) is 2. The van der Waals surface area contributed by atoms with Gasteiger partial charge in [0.05, 0.1) is 0 Å².